The van der Waals surface area contributed by atoms with Gasteiger partial charge in [0.2, 0.25) is 0 Å². The largest absolute Gasteiger partial charge is 0.298 e. The summed E-state index contributed by atoms with van der Waals surface area (Å²) in [5, 5.41) is 15.5. The zero-order valence-corrected chi connectivity index (χ0v) is 10.2. The van der Waals surface area contributed by atoms with E-state index in [1.165, 1.54) is 35.6 Å². The highest BCUT2D eigenvalue weighted by atomic mass is 32.1. The van der Waals surface area contributed by atoms with Crippen LogP contribution in [-0.4, -0.2) is 15.8 Å². The molecule has 1 aromatic heterocycles. The topological polar surface area (TPSA) is 85.1 Å². The lowest BCUT2D eigenvalue weighted by Gasteiger charge is -2.01. The first-order chi connectivity index (χ1) is 8.56. The summed E-state index contributed by atoms with van der Waals surface area (Å²) in [4.78, 5) is 26.0. The molecule has 1 amide bonds. The summed E-state index contributed by atoms with van der Waals surface area (Å²) < 4.78 is 0. The second kappa shape index (κ2) is 4.92. The Kier molecular flexibility index (Phi) is 3.33. The minimum absolute atomic E-state index is 0.113. The Hall–Kier alpha value is -2.28. The molecular weight excluding hydrogens is 254 g/mol. The summed E-state index contributed by atoms with van der Waals surface area (Å²) in [6.45, 7) is 1.82. The number of rotatable bonds is 3. The fourth-order valence-corrected chi connectivity index (χ4v) is 2.02. The molecule has 0 saturated heterocycles. The van der Waals surface area contributed by atoms with E-state index in [0.717, 1.165) is 5.69 Å². The smallest absolute Gasteiger partial charge is 0.270 e. The number of carbonyl (C=O) groups is 1. The molecule has 0 radical (unpaired) electrons. The predicted octanol–water partition coefficient (Wildman–Crippen LogP) is 2.61. The molecule has 0 bridgehead atoms. The lowest BCUT2D eigenvalue weighted by Crippen LogP contribution is -2.11. The van der Waals surface area contributed by atoms with Crippen molar-refractivity contribution in [1.82, 2.24) is 4.98 Å². The number of aromatic nitrogens is 1. The number of hydrogen-bond donors (Lipinski definition) is 1. The minimum atomic E-state index is -0.537. The molecule has 0 aliphatic rings. The average molecular weight is 263 g/mol. The number of carbonyl (C=O) groups excluding carboxylic acids is 1. The van der Waals surface area contributed by atoms with E-state index in [-0.39, 0.29) is 11.3 Å². The Morgan fingerprint density at radius 2 is 2.28 bits per heavy atom. The van der Waals surface area contributed by atoms with Gasteiger partial charge in [-0.1, -0.05) is 6.07 Å². The Balaban J connectivity index is 2.18. The van der Waals surface area contributed by atoms with Gasteiger partial charge in [0, 0.05) is 23.1 Å². The van der Waals surface area contributed by atoms with Crippen LogP contribution in [0.15, 0.2) is 29.6 Å². The lowest BCUT2D eigenvalue weighted by atomic mass is 10.2. The molecule has 1 aromatic carbocycles. The molecule has 0 aliphatic heterocycles. The van der Waals surface area contributed by atoms with Crippen molar-refractivity contribution in [2.45, 2.75) is 6.92 Å². The summed E-state index contributed by atoms with van der Waals surface area (Å²) in [5.41, 5.74) is 0.935. The summed E-state index contributed by atoms with van der Waals surface area (Å²) in [7, 11) is 0. The average Bonchev–Trinajstić information content (AvgIpc) is 2.75. The minimum Gasteiger partial charge on any atom is -0.298 e. The van der Waals surface area contributed by atoms with Crippen molar-refractivity contribution < 1.29 is 9.72 Å². The van der Waals surface area contributed by atoms with E-state index in [1.54, 1.807) is 0 Å². The molecule has 0 saturated carbocycles. The standard InChI is InChI=1S/C11H9N3O3S/c1-7-6-18-11(12-7)13-10(15)8-3-2-4-9(5-8)14(16)17/h2-6H,1H3,(H,12,13,15). The molecular formula is C11H9N3O3S. The molecule has 18 heavy (non-hydrogen) atoms. The normalized spacial score (nSPS) is 10.1. The number of nitro groups is 1. The van der Waals surface area contributed by atoms with E-state index < -0.39 is 10.8 Å². The quantitative estimate of drug-likeness (QED) is 0.681. The van der Waals surface area contributed by atoms with Gasteiger partial charge in [-0.15, -0.1) is 11.3 Å². The van der Waals surface area contributed by atoms with Crippen LogP contribution >= 0.6 is 11.3 Å². The van der Waals surface area contributed by atoms with Crippen LogP contribution in [0.5, 0.6) is 0 Å². The van der Waals surface area contributed by atoms with Crippen molar-refractivity contribution >= 4 is 28.1 Å². The first kappa shape index (κ1) is 12.2. The zero-order chi connectivity index (χ0) is 13.1. The lowest BCUT2D eigenvalue weighted by molar-refractivity contribution is -0.384. The van der Waals surface area contributed by atoms with Gasteiger partial charge in [0.25, 0.3) is 11.6 Å². The number of nitro benzene ring substituents is 1. The molecule has 2 aromatic rings. The molecule has 7 heteroatoms. The number of anilines is 1. The van der Waals surface area contributed by atoms with Gasteiger partial charge >= 0.3 is 0 Å². The van der Waals surface area contributed by atoms with Crippen molar-refractivity contribution in [3.63, 3.8) is 0 Å². The first-order valence-electron chi connectivity index (χ1n) is 5.04. The third-order valence-corrected chi connectivity index (χ3v) is 3.03. The second-order valence-electron chi connectivity index (χ2n) is 3.56. The van der Waals surface area contributed by atoms with E-state index in [2.05, 4.69) is 10.3 Å². The maximum Gasteiger partial charge on any atom is 0.270 e. The third kappa shape index (κ3) is 2.69. The number of hydrogen-bond acceptors (Lipinski definition) is 5. The van der Waals surface area contributed by atoms with Crippen molar-refractivity contribution in [2.24, 2.45) is 0 Å². The predicted molar refractivity (Wildman–Crippen MR) is 67.9 cm³/mol. The van der Waals surface area contributed by atoms with Crippen molar-refractivity contribution in [1.29, 1.82) is 0 Å². The molecule has 0 aliphatic carbocycles. The highest BCUT2D eigenvalue weighted by Gasteiger charge is 2.12. The van der Waals surface area contributed by atoms with Crippen LogP contribution < -0.4 is 5.32 Å². The van der Waals surface area contributed by atoms with Crippen molar-refractivity contribution in [2.75, 3.05) is 5.32 Å². The van der Waals surface area contributed by atoms with Crippen LogP contribution in [0.2, 0.25) is 0 Å². The highest BCUT2D eigenvalue weighted by Crippen LogP contribution is 2.17. The molecule has 1 heterocycles. The number of nitrogens with zero attached hydrogens (tertiary/aromatic N) is 2. The number of benzene rings is 1. The molecule has 0 fully saturated rings. The van der Waals surface area contributed by atoms with Crippen LogP contribution in [0.1, 0.15) is 16.1 Å². The number of nitrogens with one attached hydrogen (secondary N) is 1. The van der Waals surface area contributed by atoms with Crippen molar-refractivity contribution in [3.05, 3.63) is 51.0 Å². The molecule has 1 N–H and O–H groups in total. The molecule has 0 spiro atoms. The number of thiazole rings is 1. The summed E-state index contributed by atoms with van der Waals surface area (Å²) >= 11 is 1.31. The molecule has 0 unspecified atom stereocenters. The van der Waals surface area contributed by atoms with Crippen LogP contribution in [0.4, 0.5) is 10.8 Å². The van der Waals surface area contributed by atoms with E-state index in [0.29, 0.717) is 5.13 Å². The van der Waals surface area contributed by atoms with Gasteiger partial charge < -0.3 is 0 Å². The van der Waals surface area contributed by atoms with Gasteiger partial charge in [0.1, 0.15) is 0 Å². The van der Waals surface area contributed by atoms with Crippen LogP contribution in [-0.2, 0) is 0 Å². The second-order valence-corrected chi connectivity index (χ2v) is 4.41. The summed E-state index contributed by atoms with van der Waals surface area (Å²) in [6, 6.07) is 5.56. The van der Waals surface area contributed by atoms with Gasteiger partial charge in [-0.2, -0.15) is 0 Å². The van der Waals surface area contributed by atoms with Crippen LogP contribution in [0.3, 0.4) is 0 Å². The van der Waals surface area contributed by atoms with Gasteiger partial charge in [-0.25, -0.2) is 4.98 Å². The molecule has 2 rings (SSSR count). The number of amides is 1. The van der Waals surface area contributed by atoms with Crippen LogP contribution in [0.25, 0.3) is 0 Å². The third-order valence-electron chi connectivity index (χ3n) is 2.16. The highest BCUT2D eigenvalue weighted by molar-refractivity contribution is 7.13. The summed E-state index contributed by atoms with van der Waals surface area (Å²) in [5.74, 6) is -0.409. The van der Waals surface area contributed by atoms with Crippen molar-refractivity contribution in [3.8, 4) is 0 Å². The zero-order valence-electron chi connectivity index (χ0n) is 9.41. The Bertz CT molecular complexity index is 609. The summed E-state index contributed by atoms with van der Waals surface area (Å²) in [6.07, 6.45) is 0. The van der Waals surface area contributed by atoms with E-state index in [9.17, 15) is 14.9 Å². The Morgan fingerprint density at radius 3 is 2.89 bits per heavy atom. The Morgan fingerprint density at radius 1 is 1.50 bits per heavy atom. The maximum absolute atomic E-state index is 11.8. The first-order valence-corrected chi connectivity index (χ1v) is 5.92. The van der Waals surface area contributed by atoms with E-state index in [1.807, 2.05) is 12.3 Å². The van der Waals surface area contributed by atoms with E-state index >= 15 is 0 Å². The van der Waals surface area contributed by atoms with E-state index in [4.69, 9.17) is 0 Å². The molecule has 0 atom stereocenters. The van der Waals surface area contributed by atoms with Gasteiger partial charge in [-0.3, -0.25) is 20.2 Å². The number of aryl methyl sites for hydroxylation is 1. The number of non-ortho nitro benzene ring substituents is 1. The SMILES string of the molecule is Cc1csc(NC(=O)c2cccc([N+](=O)[O-])c2)n1. The van der Waals surface area contributed by atoms with Gasteiger partial charge in [0.05, 0.1) is 10.6 Å². The molecule has 6 nitrogen and oxygen atoms in total. The van der Waals surface area contributed by atoms with Gasteiger partial charge in [-0.05, 0) is 13.0 Å². The fourth-order valence-electron chi connectivity index (χ4n) is 1.34. The van der Waals surface area contributed by atoms with Gasteiger partial charge in [0.15, 0.2) is 5.13 Å². The monoisotopic (exact) mass is 263 g/mol. The maximum atomic E-state index is 11.8. The fraction of sp³-hybridized carbons (Fsp3) is 0.0909. The molecule has 92 valence electrons. The Labute approximate surface area is 106 Å². The van der Waals surface area contributed by atoms with Crippen LogP contribution in [0, 0.1) is 17.0 Å².